The van der Waals surface area contributed by atoms with Gasteiger partial charge in [0, 0.05) is 12.5 Å². The van der Waals surface area contributed by atoms with Gasteiger partial charge < -0.3 is 10.5 Å². The van der Waals surface area contributed by atoms with Gasteiger partial charge in [0.25, 0.3) is 0 Å². The fourth-order valence-electron chi connectivity index (χ4n) is 1.88. The van der Waals surface area contributed by atoms with Crippen molar-refractivity contribution < 1.29 is 13.9 Å². The highest BCUT2D eigenvalue weighted by atomic mass is 35.5. The summed E-state index contributed by atoms with van der Waals surface area (Å²) in [4.78, 5) is 11.9. The Bertz CT molecular complexity index is 439. The molecule has 0 amide bonds. The van der Waals surface area contributed by atoms with E-state index in [-0.39, 0.29) is 29.2 Å². The fraction of sp³-hybridized carbons (Fsp3) is 0.417. The minimum Gasteiger partial charge on any atom is -0.379 e. The smallest absolute Gasteiger partial charge is 0.144 e. The molecule has 0 aromatic heterocycles. The van der Waals surface area contributed by atoms with Crippen LogP contribution in [-0.4, -0.2) is 25.0 Å². The zero-order valence-corrected chi connectivity index (χ0v) is 9.91. The van der Waals surface area contributed by atoms with Crippen molar-refractivity contribution in [2.75, 3.05) is 13.2 Å². The van der Waals surface area contributed by atoms with E-state index in [9.17, 15) is 9.18 Å². The molecule has 0 aliphatic carbocycles. The van der Waals surface area contributed by atoms with E-state index in [4.69, 9.17) is 22.1 Å². The number of halogens is 2. The van der Waals surface area contributed by atoms with E-state index >= 15 is 0 Å². The number of Topliss-reactive ketones (excluding diaryl/α,β-unsaturated/α-hetero) is 1. The average Bonchev–Trinajstić information content (AvgIpc) is 2.70. The van der Waals surface area contributed by atoms with Crippen LogP contribution in [0.2, 0.25) is 5.02 Å². The van der Waals surface area contributed by atoms with E-state index in [2.05, 4.69) is 0 Å². The maximum atomic E-state index is 13.2. The quantitative estimate of drug-likeness (QED) is 0.894. The Kier molecular flexibility index (Phi) is 3.76. The van der Waals surface area contributed by atoms with Gasteiger partial charge in [-0.1, -0.05) is 17.7 Å². The van der Waals surface area contributed by atoms with Crippen LogP contribution in [0.15, 0.2) is 18.2 Å². The molecule has 1 aromatic carbocycles. The van der Waals surface area contributed by atoms with Crippen LogP contribution in [0.3, 0.4) is 0 Å². The largest absolute Gasteiger partial charge is 0.379 e. The highest BCUT2D eigenvalue weighted by molar-refractivity contribution is 6.30. The molecular formula is C12H13ClFNO2. The Morgan fingerprint density at radius 1 is 1.53 bits per heavy atom. The second kappa shape index (κ2) is 5.12. The third kappa shape index (κ3) is 2.83. The lowest BCUT2D eigenvalue weighted by molar-refractivity contribution is -0.122. The zero-order valence-electron chi connectivity index (χ0n) is 9.16. The fourth-order valence-corrected chi connectivity index (χ4v) is 2.00. The summed E-state index contributed by atoms with van der Waals surface area (Å²) in [5.41, 5.74) is 6.35. The number of ketones is 1. The predicted molar refractivity (Wildman–Crippen MR) is 62.4 cm³/mol. The summed E-state index contributed by atoms with van der Waals surface area (Å²) in [6.45, 7) is 0.765. The molecule has 0 radical (unpaired) electrons. The summed E-state index contributed by atoms with van der Waals surface area (Å²) in [6, 6.07) is 4.12. The summed E-state index contributed by atoms with van der Waals surface area (Å²) >= 11 is 5.57. The van der Waals surface area contributed by atoms with Crippen LogP contribution < -0.4 is 5.73 Å². The van der Waals surface area contributed by atoms with E-state index in [1.165, 1.54) is 12.1 Å². The summed E-state index contributed by atoms with van der Waals surface area (Å²) < 4.78 is 18.3. The van der Waals surface area contributed by atoms with Gasteiger partial charge in [0.15, 0.2) is 0 Å². The van der Waals surface area contributed by atoms with Crippen LogP contribution in [0.5, 0.6) is 0 Å². The first kappa shape index (κ1) is 12.5. The number of carbonyl (C=O) groups is 1. The maximum absolute atomic E-state index is 13.2. The number of hydrogen-bond acceptors (Lipinski definition) is 3. The van der Waals surface area contributed by atoms with Gasteiger partial charge in [-0.15, -0.1) is 0 Å². The highest BCUT2D eigenvalue weighted by Crippen LogP contribution is 2.19. The molecule has 1 aromatic rings. The van der Waals surface area contributed by atoms with Crippen LogP contribution in [0.25, 0.3) is 0 Å². The molecule has 1 aliphatic heterocycles. The number of ether oxygens (including phenoxy) is 1. The van der Waals surface area contributed by atoms with Crippen LogP contribution in [-0.2, 0) is 16.0 Å². The molecule has 0 bridgehead atoms. The monoisotopic (exact) mass is 257 g/mol. The first-order valence-corrected chi connectivity index (χ1v) is 5.75. The van der Waals surface area contributed by atoms with Crippen LogP contribution in [0, 0.1) is 11.7 Å². The topological polar surface area (TPSA) is 52.3 Å². The molecule has 0 spiro atoms. The Labute approximate surface area is 104 Å². The third-order valence-corrected chi connectivity index (χ3v) is 3.21. The predicted octanol–water partition coefficient (Wildman–Crippen LogP) is 1.56. The standard InChI is InChI=1S/C12H13ClFNO2/c13-9-2-1-7(3-10(9)14)4-12(16)8-5-17-6-11(8)15/h1-3,8,11H,4-6,15H2. The molecule has 2 rings (SSSR count). The van der Waals surface area contributed by atoms with Crippen LogP contribution in [0.4, 0.5) is 4.39 Å². The van der Waals surface area contributed by atoms with Crippen LogP contribution in [0.1, 0.15) is 5.56 Å². The molecule has 1 saturated heterocycles. The zero-order chi connectivity index (χ0) is 12.4. The highest BCUT2D eigenvalue weighted by Gasteiger charge is 2.30. The van der Waals surface area contributed by atoms with Crippen molar-refractivity contribution >= 4 is 17.4 Å². The first-order valence-electron chi connectivity index (χ1n) is 5.38. The Balaban J connectivity index is 2.05. The van der Waals surface area contributed by atoms with Crippen LogP contribution >= 0.6 is 11.6 Å². The Hall–Kier alpha value is -0.970. The van der Waals surface area contributed by atoms with E-state index < -0.39 is 5.82 Å². The maximum Gasteiger partial charge on any atom is 0.144 e. The minimum absolute atomic E-state index is 0.0169. The summed E-state index contributed by atoms with van der Waals surface area (Å²) in [5.74, 6) is -0.811. The lowest BCUT2D eigenvalue weighted by Crippen LogP contribution is -2.34. The third-order valence-electron chi connectivity index (χ3n) is 2.90. The summed E-state index contributed by atoms with van der Waals surface area (Å²) in [7, 11) is 0. The van der Waals surface area contributed by atoms with Crippen molar-refractivity contribution in [1.29, 1.82) is 0 Å². The lowest BCUT2D eigenvalue weighted by atomic mass is 9.94. The van der Waals surface area contributed by atoms with Gasteiger partial charge in [-0.2, -0.15) is 0 Å². The number of nitrogens with two attached hydrogens (primary N) is 1. The number of hydrogen-bond donors (Lipinski definition) is 1. The van der Waals surface area contributed by atoms with Crippen molar-refractivity contribution in [2.45, 2.75) is 12.5 Å². The SMILES string of the molecule is NC1COCC1C(=O)Cc1ccc(Cl)c(F)c1. The molecule has 1 fully saturated rings. The van der Waals surface area contributed by atoms with E-state index in [1.54, 1.807) is 6.07 Å². The molecule has 2 atom stereocenters. The average molecular weight is 258 g/mol. The number of rotatable bonds is 3. The van der Waals surface area contributed by atoms with Crippen molar-refractivity contribution in [2.24, 2.45) is 11.7 Å². The van der Waals surface area contributed by atoms with E-state index in [0.717, 1.165) is 0 Å². The van der Waals surface area contributed by atoms with Crippen molar-refractivity contribution in [1.82, 2.24) is 0 Å². The number of benzene rings is 1. The molecule has 2 N–H and O–H groups in total. The molecule has 17 heavy (non-hydrogen) atoms. The Morgan fingerprint density at radius 2 is 2.29 bits per heavy atom. The van der Waals surface area contributed by atoms with Crippen molar-refractivity contribution in [3.8, 4) is 0 Å². The van der Waals surface area contributed by atoms with Gasteiger partial charge >= 0.3 is 0 Å². The van der Waals surface area contributed by atoms with E-state index in [1.807, 2.05) is 0 Å². The van der Waals surface area contributed by atoms with Gasteiger partial charge in [0.05, 0.1) is 24.2 Å². The molecule has 5 heteroatoms. The molecule has 92 valence electrons. The first-order chi connectivity index (χ1) is 8.08. The Morgan fingerprint density at radius 3 is 2.88 bits per heavy atom. The number of carbonyl (C=O) groups excluding carboxylic acids is 1. The van der Waals surface area contributed by atoms with E-state index in [0.29, 0.717) is 18.8 Å². The van der Waals surface area contributed by atoms with Gasteiger partial charge in [0.2, 0.25) is 0 Å². The lowest BCUT2D eigenvalue weighted by Gasteiger charge is -2.11. The second-order valence-electron chi connectivity index (χ2n) is 4.20. The minimum atomic E-state index is -0.510. The molecule has 1 aliphatic rings. The summed E-state index contributed by atoms with van der Waals surface area (Å²) in [5, 5.41) is 0.0575. The van der Waals surface area contributed by atoms with Gasteiger partial charge in [-0.3, -0.25) is 4.79 Å². The normalized spacial score (nSPS) is 23.9. The second-order valence-corrected chi connectivity index (χ2v) is 4.61. The van der Waals surface area contributed by atoms with Gasteiger partial charge in [-0.05, 0) is 17.7 Å². The molecule has 1 heterocycles. The van der Waals surface area contributed by atoms with Gasteiger partial charge in [0.1, 0.15) is 11.6 Å². The summed E-state index contributed by atoms with van der Waals surface area (Å²) in [6.07, 6.45) is 0.163. The molecule has 3 nitrogen and oxygen atoms in total. The molecule has 2 unspecified atom stereocenters. The van der Waals surface area contributed by atoms with Gasteiger partial charge in [-0.25, -0.2) is 4.39 Å². The molecule has 0 saturated carbocycles. The van der Waals surface area contributed by atoms with Crippen molar-refractivity contribution in [3.05, 3.63) is 34.6 Å². The molecular weight excluding hydrogens is 245 g/mol. The van der Waals surface area contributed by atoms with Crippen molar-refractivity contribution in [3.63, 3.8) is 0 Å².